The number of hydrogen-bond acceptors (Lipinski definition) is 7. The van der Waals surface area contributed by atoms with E-state index in [1.165, 1.54) is 42.5 Å². The molecule has 3 rings (SSSR count). The molecule has 0 aliphatic carbocycles. The number of carbonyl (C=O) groups is 2. The number of benzene rings is 2. The van der Waals surface area contributed by atoms with Gasteiger partial charge in [-0.15, -0.1) is 6.58 Å². The first-order valence-electron chi connectivity index (χ1n) is 8.43. The summed E-state index contributed by atoms with van der Waals surface area (Å²) in [5, 5.41) is 14.1. The molecule has 1 amide bonds. The summed E-state index contributed by atoms with van der Waals surface area (Å²) in [5.74, 6) is -1.61. The van der Waals surface area contributed by atoms with Crippen molar-refractivity contribution < 1.29 is 23.7 Å². The molecule has 10 heteroatoms. The fourth-order valence-electron chi connectivity index (χ4n) is 2.56. The number of carbonyl (C=O) groups excluding carboxylic acids is 2. The van der Waals surface area contributed by atoms with Crippen molar-refractivity contribution in [2.75, 3.05) is 6.54 Å². The average molecular weight is 429 g/mol. The van der Waals surface area contributed by atoms with Crippen molar-refractivity contribution >= 4 is 40.1 Å². The zero-order chi connectivity index (χ0) is 21.8. The van der Waals surface area contributed by atoms with Crippen LogP contribution in [-0.4, -0.2) is 23.3 Å². The summed E-state index contributed by atoms with van der Waals surface area (Å²) in [6, 6.07) is 9.02. The summed E-state index contributed by atoms with van der Waals surface area (Å²) in [6.07, 6.45) is 1.46. The van der Waals surface area contributed by atoms with Crippen molar-refractivity contribution in [2.45, 2.75) is 0 Å². The Morgan fingerprint density at radius 1 is 1.20 bits per heavy atom. The number of nitrogens with zero attached hydrogens (tertiary/aromatic N) is 1. The number of hydrogen-bond donors (Lipinski definition) is 1. The molecule has 152 valence electrons. The Bertz CT molecular complexity index is 1250. The Labute approximate surface area is 173 Å². The van der Waals surface area contributed by atoms with Gasteiger partial charge in [0.2, 0.25) is 0 Å². The topological polar surface area (TPSA) is 129 Å². The standard InChI is InChI=1S/C20H13ClN2O7/c1-2-7-22-18(24)15-8-11-3-5-13(10-17(11)30-20(15)26)29-19(25)14-6-4-12(21)9-16(14)23(27)28/h2-6,8-10H,1,7H2,(H,22,24). The SMILES string of the molecule is C=CCNC(=O)c1cc2ccc(OC(=O)c3ccc(Cl)cc3[N+](=O)[O-])cc2oc1=O. The molecule has 0 saturated carbocycles. The van der Waals surface area contributed by atoms with E-state index in [1.54, 1.807) is 0 Å². The Balaban J connectivity index is 1.90. The van der Waals surface area contributed by atoms with Gasteiger partial charge in [-0.3, -0.25) is 14.9 Å². The maximum atomic E-state index is 12.4. The molecule has 0 bridgehead atoms. The van der Waals surface area contributed by atoms with E-state index in [0.717, 1.165) is 6.07 Å². The van der Waals surface area contributed by atoms with Crippen LogP contribution in [0, 0.1) is 10.1 Å². The first-order chi connectivity index (χ1) is 14.3. The number of halogens is 1. The minimum Gasteiger partial charge on any atom is -0.423 e. The summed E-state index contributed by atoms with van der Waals surface area (Å²) in [5.41, 5.74) is -1.79. The maximum absolute atomic E-state index is 12.4. The molecule has 30 heavy (non-hydrogen) atoms. The largest absolute Gasteiger partial charge is 0.423 e. The Morgan fingerprint density at radius 3 is 2.67 bits per heavy atom. The van der Waals surface area contributed by atoms with Crippen LogP contribution >= 0.6 is 11.6 Å². The van der Waals surface area contributed by atoms with Gasteiger partial charge < -0.3 is 14.5 Å². The molecule has 0 aliphatic heterocycles. The van der Waals surface area contributed by atoms with Crippen molar-refractivity contribution in [1.82, 2.24) is 5.32 Å². The van der Waals surface area contributed by atoms with Crippen molar-refractivity contribution in [3.05, 3.63) is 91.8 Å². The van der Waals surface area contributed by atoms with Crippen LogP contribution in [0.5, 0.6) is 5.75 Å². The van der Waals surface area contributed by atoms with Gasteiger partial charge in [0.1, 0.15) is 22.5 Å². The van der Waals surface area contributed by atoms with Crippen LogP contribution in [0.2, 0.25) is 5.02 Å². The van der Waals surface area contributed by atoms with Gasteiger partial charge in [-0.1, -0.05) is 17.7 Å². The Morgan fingerprint density at radius 2 is 1.97 bits per heavy atom. The highest BCUT2D eigenvalue weighted by molar-refractivity contribution is 6.31. The molecule has 1 N–H and O–H groups in total. The molecular weight excluding hydrogens is 416 g/mol. The number of nitrogens with one attached hydrogen (secondary N) is 1. The van der Waals surface area contributed by atoms with E-state index in [9.17, 15) is 24.5 Å². The predicted octanol–water partition coefficient (Wildman–Crippen LogP) is 3.49. The van der Waals surface area contributed by atoms with Crippen LogP contribution in [0.4, 0.5) is 5.69 Å². The summed E-state index contributed by atoms with van der Waals surface area (Å²) >= 11 is 5.74. The first kappa shape index (κ1) is 20.7. The summed E-state index contributed by atoms with van der Waals surface area (Å²) in [6.45, 7) is 3.65. The number of ether oxygens (including phenoxy) is 1. The quantitative estimate of drug-likeness (QED) is 0.159. The lowest BCUT2D eigenvalue weighted by atomic mass is 10.1. The predicted molar refractivity (Wildman–Crippen MR) is 108 cm³/mol. The molecule has 1 aromatic heterocycles. The van der Waals surface area contributed by atoms with E-state index in [-0.39, 0.29) is 34.0 Å². The zero-order valence-electron chi connectivity index (χ0n) is 15.2. The molecule has 0 unspecified atom stereocenters. The normalized spacial score (nSPS) is 10.4. The minimum atomic E-state index is -0.986. The van der Waals surface area contributed by atoms with E-state index in [2.05, 4.69) is 11.9 Å². The van der Waals surface area contributed by atoms with Crippen LogP contribution in [0.25, 0.3) is 11.0 Å². The van der Waals surface area contributed by atoms with Gasteiger partial charge in [-0.05, 0) is 30.3 Å². The number of nitro benzene ring substituents is 1. The molecule has 0 radical (unpaired) electrons. The van der Waals surface area contributed by atoms with E-state index < -0.39 is 28.1 Å². The highest BCUT2D eigenvalue weighted by atomic mass is 35.5. The molecule has 3 aromatic rings. The van der Waals surface area contributed by atoms with Crippen molar-refractivity contribution in [2.24, 2.45) is 0 Å². The molecule has 0 fully saturated rings. The van der Waals surface area contributed by atoms with Gasteiger partial charge in [0.15, 0.2) is 0 Å². The smallest absolute Gasteiger partial charge is 0.350 e. The van der Waals surface area contributed by atoms with Gasteiger partial charge in [0, 0.05) is 29.1 Å². The highest BCUT2D eigenvalue weighted by Gasteiger charge is 2.23. The molecule has 9 nitrogen and oxygen atoms in total. The molecular formula is C20H13ClN2O7. The molecule has 0 saturated heterocycles. The lowest BCUT2D eigenvalue weighted by Crippen LogP contribution is -2.28. The second-order valence-corrected chi connectivity index (χ2v) is 6.39. The third-order valence-corrected chi connectivity index (χ3v) is 4.18. The van der Waals surface area contributed by atoms with Crippen molar-refractivity contribution in [1.29, 1.82) is 0 Å². The van der Waals surface area contributed by atoms with Crippen LogP contribution in [0.1, 0.15) is 20.7 Å². The maximum Gasteiger partial charge on any atom is 0.350 e. The summed E-state index contributed by atoms with van der Waals surface area (Å²) < 4.78 is 10.3. The van der Waals surface area contributed by atoms with Gasteiger partial charge in [-0.25, -0.2) is 9.59 Å². The highest BCUT2D eigenvalue weighted by Crippen LogP contribution is 2.26. The van der Waals surface area contributed by atoms with Gasteiger partial charge in [0.25, 0.3) is 11.6 Å². The number of nitro groups is 1. The van der Waals surface area contributed by atoms with Crippen LogP contribution in [0.15, 0.2) is 64.3 Å². The second kappa shape index (κ2) is 8.58. The fourth-order valence-corrected chi connectivity index (χ4v) is 2.73. The van der Waals surface area contributed by atoms with E-state index in [1.807, 2.05) is 0 Å². The monoisotopic (exact) mass is 428 g/mol. The first-order valence-corrected chi connectivity index (χ1v) is 8.81. The Hall–Kier alpha value is -3.98. The number of rotatable bonds is 6. The van der Waals surface area contributed by atoms with Crippen LogP contribution < -0.4 is 15.7 Å². The van der Waals surface area contributed by atoms with Crippen molar-refractivity contribution in [3.8, 4) is 5.75 Å². The molecule has 1 heterocycles. The zero-order valence-corrected chi connectivity index (χ0v) is 16.0. The van der Waals surface area contributed by atoms with Gasteiger partial charge >= 0.3 is 11.6 Å². The third-order valence-electron chi connectivity index (χ3n) is 3.95. The number of esters is 1. The minimum absolute atomic E-state index is 0.0104. The van der Waals surface area contributed by atoms with Gasteiger partial charge in [-0.2, -0.15) is 0 Å². The van der Waals surface area contributed by atoms with Crippen LogP contribution in [0.3, 0.4) is 0 Å². The van der Waals surface area contributed by atoms with E-state index in [4.69, 9.17) is 20.8 Å². The lowest BCUT2D eigenvalue weighted by molar-refractivity contribution is -0.385. The molecule has 0 aliphatic rings. The Kier molecular flexibility index (Phi) is 5.93. The van der Waals surface area contributed by atoms with Crippen LogP contribution in [-0.2, 0) is 0 Å². The van der Waals surface area contributed by atoms with E-state index >= 15 is 0 Å². The lowest BCUT2D eigenvalue weighted by Gasteiger charge is -2.07. The fraction of sp³-hybridized carbons (Fsp3) is 0.0500. The molecule has 2 aromatic carbocycles. The molecule has 0 spiro atoms. The summed E-state index contributed by atoms with van der Waals surface area (Å²) in [4.78, 5) is 46.9. The van der Waals surface area contributed by atoms with Crippen molar-refractivity contribution in [3.63, 3.8) is 0 Å². The average Bonchev–Trinajstić information content (AvgIpc) is 2.71. The number of amides is 1. The third kappa shape index (κ3) is 4.36. The van der Waals surface area contributed by atoms with Gasteiger partial charge in [0.05, 0.1) is 4.92 Å². The number of fused-ring (bicyclic) bond motifs is 1. The second-order valence-electron chi connectivity index (χ2n) is 5.95. The summed E-state index contributed by atoms with van der Waals surface area (Å²) in [7, 11) is 0. The molecule has 0 atom stereocenters. The van der Waals surface area contributed by atoms with E-state index in [0.29, 0.717) is 5.39 Å².